The minimum Gasteiger partial charge on any atom is -0.307 e. The van der Waals surface area contributed by atoms with Crippen LogP contribution in [0.1, 0.15) is 42.3 Å². The van der Waals surface area contributed by atoms with Gasteiger partial charge in [-0.3, -0.25) is 0 Å². The average molecular weight is 306 g/mol. The Morgan fingerprint density at radius 3 is 2.91 bits per heavy atom. The molecule has 0 aliphatic carbocycles. The van der Waals surface area contributed by atoms with Crippen molar-refractivity contribution in [3.8, 4) is 0 Å². The second kappa shape index (κ2) is 6.13. The van der Waals surface area contributed by atoms with Crippen LogP contribution in [-0.4, -0.2) is 21.1 Å². The van der Waals surface area contributed by atoms with E-state index in [2.05, 4.69) is 52.1 Å². The summed E-state index contributed by atoms with van der Waals surface area (Å²) in [6.07, 6.45) is 5.53. The van der Waals surface area contributed by atoms with Crippen LogP contribution in [0.3, 0.4) is 0 Å². The number of imidazole rings is 1. The van der Waals surface area contributed by atoms with Crippen molar-refractivity contribution in [2.45, 2.75) is 38.8 Å². The molecule has 2 aromatic heterocycles. The van der Waals surface area contributed by atoms with Gasteiger partial charge in [-0.2, -0.15) is 0 Å². The normalized spacial score (nSPS) is 18.4. The summed E-state index contributed by atoms with van der Waals surface area (Å²) in [5.41, 5.74) is 4.61. The van der Waals surface area contributed by atoms with Gasteiger partial charge in [0.2, 0.25) is 0 Å². The molecule has 1 atom stereocenters. The van der Waals surface area contributed by atoms with Gasteiger partial charge in [0.05, 0.1) is 12.6 Å². The molecule has 3 heterocycles. The number of fused-ring (bicyclic) bond motifs is 1. The lowest BCUT2D eigenvalue weighted by atomic mass is 10.0. The van der Waals surface area contributed by atoms with Crippen molar-refractivity contribution in [1.82, 2.24) is 19.9 Å². The standard InChI is InChI=1S/C19H22N4/c1-14-7-2-3-8-15(14)13-23-18-17(10-6-12-21-18)22-19(23)16-9-4-5-11-20-16/h2-3,6-8,10,12,16,20H,4-5,9,11,13H2,1H3. The fourth-order valence-electron chi connectivity index (χ4n) is 3.43. The maximum Gasteiger partial charge on any atom is 0.160 e. The summed E-state index contributed by atoms with van der Waals surface area (Å²) < 4.78 is 2.29. The molecule has 1 aromatic carbocycles. The Bertz CT molecular complexity index is 815. The van der Waals surface area contributed by atoms with Crippen LogP contribution in [-0.2, 0) is 6.54 Å². The van der Waals surface area contributed by atoms with E-state index in [-0.39, 0.29) is 0 Å². The highest BCUT2D eigenvalue weighted by Gasteiger charge is 2.22. The van der Waals surface area contributed by atoms with Gasteiger partial charge >= 0.3 is 0 Å². The summed E-state index contributed by atoms with van der Waals surface area (Å²) in [5, 5.41) is 3.63. The van der Waals surface area contributed by atoms with Gasteiger partial charge in [-0.25, -0.2) is 9.97 Å². The van der Waals surface area contributed by atoms with E-state index in [1.165, 1.54) is 24.0 Å². The monoisotopic (exact) mass is 306 g/mol. The molecule has 23 heavy (non-hydrogen) atoms. The molecule has 0 radical (unpaired) electrons. The average Bonchev–Trinajstić information content (AvgIpc) is 2.96. The Kier molecular flexibility index (Phi) is 3.83. The van der Waals surface area contributed by atoms with Crippen LogP contribution in [0, 0.1) is 6.92 Å². The first-order valence-electron chi connectivity index (χ1n) is 8.42. The molecule has 0 bridgehead atoms. The van der Waals surface area contributed by atoms with Crippen LogP contribution in [0.15, 0.2) is 42.6 Å². The molecular formula is C19H22N4. The lowest BCUT2D eigenvalue weighted by Gasteiger charge is -2.24. The third kappa shape index (κ3) is 2.75. The molecule has 1 aliphatic heterocycles. The number of hydrogen-bond donors (Lipinski definition) is 1. The lowest BCUT2D eigenvalue weighted by molar-refractivity contribution is 0.389. The number of nitrogens with one attached hydrogen (secondary N) is 1. The first-order chi connectivity index (χ1) is 11.3. The van der Waals surface area contributed by atoms with Gasteiger partial charge in [0.15, 0.2) is 5.65 Å². The van der Waals surface area contributed by atoms with Crippen molar-refractivity contribution >= 4 is 11.2 Å². The number of aryl methyl sites for hydroxylation is 1. The zero-order valence-electron chi connectivity index (χ0n) is 13.5. The molecule has 0 amide bonds. The number of aromatic nitrogens is 3. The van der Waals surface area contributed by atoms with Crippen molar-refractivity contribution in [3.05, 3.63) is 59.5 Å². The van der Waals surface area contributed by atoms with Crippen LogP contribution in [0.25, 0.3) is 11.2 Å². The molecule has 4 nitrogen and oxygen atoms in total. The molecule has 0 saturated carbocycles. The highest BCUT2D eigenvalue weighted by Crippen LogP contribution is 2.26. The van der Waals surface area contributed by atoms with Gasteiger partial charge in [0.1, 0.15) is 11.3 Å². The second-order valence-corrected chi connectivity index (χ2v) is 6.33. The van der Waals surface area contributed by atoms with Crippen molar-refractivity contribution < 1.29 is 0 Å². The Morgan fingerprint density at radius 2 is 2.09 bits per heavy atom. The second-order valence-electron chi connectivity index (χ2n) is 6.33. The number of pyridine rings is 1. The smallest absolute Gasteiger partial charge is 0.160 e. The molecule has 1 fully saturated rings. The summed E-state index contributed by atoms with van der Waals surface area (Å²) in [6, 6.07) is 12.9. The molecule has 1 aliphatic rings. The Labute approximate surface area is 136 Å². The molecule has 0 spiro atoms. The van der Waals surface area contributed by atoms with Crippen LogP contribution in [0.4, 0.5) is 0 Å². The van der Waals surface area contributed by atoms with Gasteiger partial charge in [-0.05, 0) is 49.6 Å². The summed E-state index contributed by atoms with van der Waals surface area (Å²) in [7, 11) is 0. The summed E-state index contributed by atoms with van der Waals surface area (Å²) >= 11 is 0. The zero-order chi connectivity index (χ0) is 15.6. The Hall–Kier alpha value is -2.20. The molecule has 4 rings (SSSR count). The first kappa shape index (κ1) is 14.4. The lowest BCUT2D eigenvalue weighted by Crippen LogP contribution is -2.29. The predicted octanol–water partition coefficient (Wildman–Crippen LogP) is 3.60. The van der Waals surface area contributed by atoms with Gasteiger partial charge < -0.3 is 9.88 Å². The van der Waals surface area contributed by atoms with Crippen molar-refractivity contribution in [2.24, 2.45) is 0 Å². The summed E-state index contributed by atoms with van der Waals surface area (Å²) in [4.78, 5) is 9.50. The van der Waals surface area contributed by atoms with Crippen LogP contribution >= 0.6 is 0 Å². The van der Waals surface area contributed by atoms with E-state index < -0.39 is 0 Å². The molecule has 1 N–H and O–H groups in total. The fraction of sp³-hybridized carbons (Fsp3) is 0.368. The maximum atomic E-state index is 4.90. The molecular weight excluding hydrogens is 284 g/mol. The van der Waals surface area contributed by atoms with E-state index >= 15 is 0 Å². The summed E-state index contributed by atoms with van der Waals surface area (Å²) in [5.74, 6) is 1.13. The van der Waals surface area contributed by atoms with E-state index in [0.29, 0.717) is 6.04 Å². The first-order valence-corrected chi connectivity index (χ1v) is 8.42. The quantitative estimate of drug-likeness (QED) is 0.804. The highest BCUT2D eigenvalue weighted by molar-refractivity contribution is 5.71. The fourth-order valence-corrected chi connectivity index (χ4v) is 3.43. The van der Waals surface area contributed by atoms with E-state index in [1.54, 1.807) is 0 Å². The third-order valence-corrected chi connectivity index (χ3v) is 4.74. The van der Waals surface area contributed by atoms with E-state index in [0.717, 1.165) is 36.5 Å². The predicted molar refractivity (Wildman–Crippen MR) is 92.4 cm³/mol. The Morgan fingerprint density at radius 1 is 1.17 bits per heavy atom. The summed E-state index contributed by atoms with van der Waals surface area (Å²) in [6.45, 7) is 4.07. The van der Waals surface area contributed by atoms with Crippen molar-refractivity contribution in [1.29, 1.82) is 0 Å². The number of nitrogens with zero attached hydrogens (tertiary/aromatic N) is 3. The number of benzene rings is 1. The van der Waals surface area contributed by atoms with E-state index in [1.807, 2.05) is 12.3 Å². The van der Waals surface area contributed by atoms with Crippen LogP contribution in [0.2, 0.25) is 0 Å². The van der Waals surface area contributed by atoms with Gasteiger partial charge in [-0.15, -0.1) is 0 Å². The Balaban J connectivity index is 1.81. The van der Waals surface area contributed by atoms with Crippen molar-refractivity contribution in [3.63, 3.8) is 0 Å². The van der Waals surface area contributed by atoms with Gasteiger partial charge in [-0.1, -0.05) is 30.7 Å². The molecule has 1 unspecified atom stereocenters. The maximum absolute atomic E-state index is 4.90. The SMILES string of the molecule is Cc1ccccc1Cn1c(C2CCCCN2)nc2cccnc21. The number of piperidine rings is 1. The highest BCUT2D eigenvalue weighted by atomic mass is 15.2. The van der Waals surface area contributed by atoms with Crippen LogP contribution in [0.5, 0.6) is 0 Å². The zero-order valence-corrected chi connectivity index (χ0v) is 13.5. The molecule has 4 heteroatoms. The minimum absolute atomic E-state index is 0.335. The van der Waals surface area contributed by atoms with Crippen molar-refractivity contribution in [2.75, 3.05) is 6.54 Å². The number of hydrogen-bond acceptors (Lipinski definition) is 3. The molecule has 1 saturated heterocycles. The van der Waals surface area contributed by atoms with Gasteiger partial charge in [0.25, 0.3) is 0 Å². The minimum atomic E-state index is 0.335. The van der Waals surface area contributed by atoms with Crippen LogP contribution < -0.4 is 5.32 Å². The topological polar surface area (TPSA) is 42.7 Å². The largest absolute Gasteiger partial charge is 0.307 e. The molecule has 118 valence electrons. The number of rotatable bonds is 3. The van der Waals surface area contributed by atoms with Gasteiger partial charge in [0, 0.05) is 6.20 Å². The third-order valence-electron chi connectivity index (χ3n) is 4.74. The van der Waals surface area contributed by atoms with E-state index in [4.69, 9.17) is 4.98 Å². The van der Waals surface area contributed by atoms with E-state index in [9.17, 15) is 0 Å². The molecule has 3 aromatic rings.